The number of hydrogen-bond donors (Lipinski definition) is 1. The summed E-state index contributed by atoms with van der Waals surface area (Å²) in [7, 11) is 3.51. The van der Waals surface area contributed by atoms with Crippen LogP contribution in [-0.4, -0.2) is 94.6 Å². The van der Waals surface area contributed by atoms with Crippen molar-refractivity contribution in [1.29, 1.82) is 0 Å². The van der Waals surface area contributed by atoms with E-state index in [4.69, 9.17) is 0 Å². The van der Waals surface area contributed by atoms with Crippen LogP contribution in [0.3, 0.4) is 0 Å². The Balaban J connectivity index is 2.24. The quantitative estimate of drug-likeness (QED) is 0.653. The first kappa shape index (κ1) is 18.3. The van der Waals surface area contributed by atoms with E-state index in [9.17, 15) is 13.2 Å². The number of hydrogen-bond acceptors (Lipinski definition) is 5. The third-order valence-corrected chi connectivity index (χ3v) is 5.63. The fourth-order valence-corrected chi connectivity index (χ4v) is 2.94. The molecule has 1 aliphatic heterocycles. The maximum atomic E-state index is 11.6. The van der Waals surface area contributed by atoms with Crippen molar-refractivity contribution >= 4 is 15.9 Å². The van der Waals surface area contributed by atoms with Gasteiger partial charge in [0.05, 0.1) is 12.3 Å². The number of nitrogens with zero attached hydrogens (tertiary/aromatic N) is 3. The largest absolute Gasteiger partial charge is 0.348 e. The van der Waals surface area contributed by atoms with Crippen LogP contribution in [0.2, 0.25) is 0 Å². The molecule has 0 bridgehead atoms. The summed E-state index contributed by atoms with van der Waals surface area (Å²) < 4.78 is 24.5. The lowest BCUT2D eigenvalue weighted by atomic mass is 10.1. The van der Waals surface area contributed by atoms with E-state index in [1.807, 2.05) is 0 Å². The molecule has 1 rings (SSSR count). The highest BCUT2D eigenvalue weighted by Gasteiger charge is 2.21. The Bertz CT molecular complexity index is 429. The number of rotatable bonds is 7. The Morgan fingerprint density at radius 3 is 2.24 bits per heavy atom. The van der Waals surface area contributed by atoms with Crippen molar-refractivity contribution in [2.24, 2.45) is 0 Å². The van der Waals surface area contributed by atoms with Gasteiger partial charge in [-0.1, -0.05) is 0 Å². The van der Waals surface area contributed by atoms with Gasteiger partial charge in [0.25, 0.3) is 0 Å². The number of likely N-dealkylation sites (N-methyl/N-ethyl adjacent to an activating group) is 1. The summed E-state index contributed by atoms with van der Waals surface area (Å²) in [6, 6.07) is 0.341. The summed E-state index contributed by atoms with van der Waals surface area (Å²) in [5, 5.41) is 3.30. The zero-order chi connectivity index (χ0) is 16.0. The summed E-state index contributed by atoms with van der Waals surface area (Å²) in [6.45, 7) is 2.69. The molecule has 124 valence electrons. The van der Waals surface area contributed by atoms with Crippen molar-refractivity contribution in [3.05, 3.63) is 0 Å². The zero-order valence-electron chi connectivity index (χ0n) is 13.5. The molecule has 1 N–H and O–H groups in total. The van der Waals surface area contributed by atoms with E-state index >= 15 is 0 Å². The first-order valence-electron chi connectivity index (χ1n) is 7.28. The number of nitrogens with one attached hydrogen (secondary N) is 1. The summed E-state index contributed by atoms with van der Waals surface area (Å²) in [5.74, 6) is 0.248. The van der Waals surface area contributed by atoms with Crippen LogP contribution < -0.4 is 5.32 Å². The Labute approximate surface area is 128 Å². The molecule has 0 saturated carbocycles. The van der Waals surface area contributed by atoms with Gasteiger partial charge in [-0.25, -0.2) is 12.7 Å². The van der Waals surface area contributed by atoms with Crippen LogP contribution in [0, 0.1) is 0 Å². The molecule has 0 spiro atoms. The zero-order valence-corrected chi connectivity index (χ0v) is 14.3. The molecule has 1 heterocycles. The lowest BCUT2D eigenvalue weighted by Gasteiger charge is -2.32. The van der Waals surface area contributed by atoms with Gasteiger partial charge in [0.2, 0.25) is 15.9 Å². The van der Waals surface area contributed by atoms with E-state index in [-0.39, 0.29) is 11.7 Å². The highest BCUT2D eigenvalue weighted by Crippen LogP contribution is 2.10. The minimum absolute atomic E-state index is 0.124. The molecule has 8 heteroatoms. The predicted molar refractivity (Wildman–Crippen MR) is 83.6 cm³/mol. The molecule has 1 saturated heterocycles. The van der Waals surface area contributed by atoms with Crippen LogP contribution in [-0.2, 0) is 14.8 Å². The van der Waals surface area contributed by atoms with Crippen molar-refractivity contribution in [2.45, 2.75) is 18.9 Å². The summed E-state index contributed by atoms with van der Waals surface area (Å²) in [4.78, 5) is 15.4. The highest BCUT2D eigenvalue weighted by molar-refractivity contribution is 7.89. The maximum absolute atomic E-state index is 11.6. The molecule has 0 aliphatic carbocycles. The van der Waals surface area contributed by atoms with Gasteiger partial charge in [0.1, 0.15) is 0 Å². The predicted octanol–water partition coefficient (Wildman–Crippen LogP) is -0.980. The third kappa shape index (κ3) is 6.29. The van der Waals surface area contributed by atoms with Crippen LogP contribution in [0.15, 0.2) is 0 Å². The molecular formula is C13H28N4O3S. The van der Waals surface area contributed by atoms with Crippen LogP contribution in [0.25, 0.3) is 0 Å². The van der Waals surface area contributed by atoms with Gasteiger partial charge in [-0.2, -0.15) is 0 Å². The summed E-state index contributed by atoms with van der Waals surface area (Å²) in [5.41, 5.74) is 0. The monoisotopic (exact) mass is 320 g/mol. The molecule has 1 fully saturated rings. The van der Waals surface area contributed by atoms with Gasteiger partial charge in [-0.3, -0.25) is 9.69 Å². The van der Waals surface area contributed by atoms with Gasteiger partial charge in [-0.05, 0) is 12.8 Å². The van der Waals surface area contributed by atoms with Crippen LogP contribution in [0.4, 0.5) is 0 Å². The van der Waals surface area contributed by atoms with Gasteiger partial charge in [0, 0.05) is 53.9 Å². The maximum Gasteiger partial charge on any atom is 0.236 e. The number of piperidine rings is 1. The highest BCUT2D eigenvalue weighted by atomic mass is 32.2. The van der Waals surface area contributed by atoms with E-state index in [1.165, 1.54) is 4.31 Å². The number of carbonyl (C=O) groups excluding carboxylic acids is 1. The molecular weight excluding hydrogens is 292 g/mol. The van der Waals surface area contributed by atoms with Crippen molar-refractivity contribution in [1.82, 2.24) is 19.4 Å². The SMILES string of the molecule is CN(C)C(=O)CN1CCC(NCCS(=O)(=O)N(C)C)CC1. The van der Waals surface area contributed by atoms with Crippen molar-refractivity contribution in [3.63, 3.8) is 0 Å². The number of carbonyl (C=O) groups is 1. The topological polar surface area (TPSA) is 73.0 Å². The van der Waals surface area contributed by atoms with Gasteiger partial charge < -0.3 is 10.2 Å². The molecule has 1 aliphatic rings. The first-order chi connectivity index (χ1) is 9.72. The lowest BCUT2D eigenvalue weighted by molar-refractivity contribution is -0.130. The summed E-state index contributed by atoms with van der Waals surface area (Å²) in [6.07, 6.45) is 1.89. The normalized spacial score (nSPS) is 18.1. The van der Waals surface area contributed by atoms with Crippen LogP contribution >= 0.6 is 0 Å². The Morgan fingerprint density at radius 2 is 1.76 bits per heavy atom. The van der Waals surface area contributed by atoms with Gasteiger partial charge in [-0.15, -0.1) is 0 Å². The molecule has 21 heavy (non-hydrogen) atoms. The van der Waals surface area contributed by atoms with E-state index < -0.39 is 10.0 Å². The molecule has 0 aromatic rings. The molecule has 0 aromatic carbocycles. The van der Waals surface area contributed by atoms with Crippen molar-refractivity contribution < 1.29 is 13.2 Å². The minimum Gasteiger partial charge on any atom is -0.348 e. The Morgan fingerprint density at radius 1 is 1.19 bits per heavy atom. The molecule has 0 unspecified atom stereocenters. The Hall–Kier alpha value is -0.700. The third-order valence-electron chi connectivity index (χ3n) is 3.79. The minimum atomic E-state index is -3.12. The number of amides is 1. The van der Waals surface area contributed by atoms with E-state index in [0.29, 0.717) is 19.1 Å². The Kier molecular flexibility index (Phi) is 7.05. The van der Waals surface area contributed by atoms with Gasteiger partial charge in [0.15, 0.2) is 0 Å². The number of likely N-dealkylation sites (tertiary alicyclic amines) is 1. The standard InChI is InChI=1S/C13H28N4O3S/c1-15(2)13(18)11-17-8-5-12(6-9-17)14-7-10-21(19,20)16(3)4/h12,14H,5-11H2,1-4H3. The van der Waals surface area contributed by atoms with E-state index in [0.717, 1.165) is 25.9 Å². The first-order valence-corrected chi connectivity index (χ1v) is 8.89. The molecule has 0 radical (unpaired) electrons. The molecule has 0 atom stereocenters. The second-order valence-electron chi connectivity index (χ2n) is 5.89. The molecule has 7 nitrogen and oxygen atoms in total. The smallest absolute Gasteiger partial charge is 0.236 e. The fraction of sp³-hybridized carbons (Fsp3) is 0.923. The van der Waals surface area contributed by atoms with E-state index in [1.54, 1.807) is 33.1 Å². The van der Waals surface area contributed by atoms with Gasteiger partial charge >= 0.3 is 0 Å². The average molecular weight is 320 g/mol. The number of sulfonamides is 1. The summed E-state index contributed by atoms with van der Waals surface area (Å²) >= 11 is 0. The lowest BCUT2D eigenvalue weighted by Crippen LogP contribution is -2.46. The molecule has 1 amide bonds. The van der Waals surface area contributed by atoms with Crippen molar-refractivity contribution in [2.75, 3.05) is 60.1 Å². The van der Waals surface area contributed by atoms with Crippen LogP contribution in [0.5, 0.6) is 0 Å². The average Bonchev–Trinajstić information content (AvgIpc) is 2.40. The van der Waals surface area contributed by atoms with E-state index in [2.05, 4.69) is 10.2 Å². The van der Waals surface area contributed by atoms with Crippen molar-refractivity contribution in [3.8, 4) is 0 Å². The second-order valence-corrected chi connectivity index (χ2v) is 8.19. The second kappa shape index (κ2) is 8.07. The fourth-order valence-electron chi connectivity index (χ4n) is 2.20. The molecule has 0 aromatic heterocycles. The van der Waals surface area contributed by atoms with Crippen LogP contribution in [0.1, 0.15) is 12.8 Å².